The summed E-state index contributed by atoms with van der Waals surface area (Å²) < 4.78 is 0. The van der Waals surface area contributed by atoms with Crippen LogP contribution in [0.2, 0.25) is 0 Å². The average Bonchev–Trinajstić information content (AvgIpc) is 2.37. The molecule has 1 aromatic rings. The lowest BCUT2D eigenvalue weighted by Gasteiger charge is -2.31. The number of benzene rings is 1. The van der Waals surface area contributed by atoms with Gasteiger partial charge in [-0.1, -0.05) is 17.7 Å². The molecule has 1 amide bonds. The number of carbonyl (C=O) groups excluding carboxylic acids is 1. The van der Waals surface area contributed by atoms with E-state index in [2.05, 4.69) is 45.1 Å². The van der Waals surface area contributed by atoms with E-state index in [9.17, 15) is 4.79 Å². The molecule has 116 valence electrons. The first-order valence-electron chi connectivity index (χ1n) is 8.01. The minimum atomic E-state index is -0.133. The van der Waals surface area contributed by atoms with Crippen molar-refractivity contribution in [3.05, 3.63) is 34.4 Å². The number of primary amides is 1. The van der Waals surface area contributed by atoms with Gasteiger partial charge in [-0.3, -0.25) is 4.79 Å². The molecule has 2 rings (SSSR count). The van der Waals surface area contributed by atoms with Gasteiger partial charge in [-0.05, 0) is 70.1 Å². The highest BCUT2D eigenvalue weighted by atomic mass is 16.1. The summed E-state index contributed by atoms with van der Waals surface area (Å²) >= 11 is 0. The maximum absolute atomic E-state index is 11.2. The van der Waals surface area contributed by atoms with Gasteiger partial charge in [0.05, 0.1) is 0 Å². The van der Waals surface area contributed by atoms with Crippen LogP contribution in [0.3, 0.4) is 0 Å². The first-order chi connectivity index (χ1) is 9.88. The lowest BCUT2D eigenvalue weighted by Crippen LogP contribution is -2.38. The van der Waals surface area contributed by atoms with Crippen LogP contribution in [0.15, 0.2) is 12.1 Å². The van der Waals surface area contributed by atoms with Crippen molar-refractivity contribution in [3.8, 4) is 0 Å². The molecule has 1 aliphatic rings. The van der Waals surface area contributed by atoms with Gasteiger partial charge < -0.3 is 11.1 Å². The molecule has 1 aliphatic carbocycles. The smallest absolute Gasteiger partial charge is 0.220 e. The molecule has 1 atom stereocenters. The third-order valence-electron chi connectivity index (χ3n) is 4.79. The molecule has 21 heavy (non-hydrogen) atoms. The van der Waals surface area contributed by atoms with Gasteiger partial charge in [-0.25, -0.2) is 0 Å². The highest BCUT2D eigenvalue weighted by Crippen LogP contribution is 2.28. The van der Waals surface area contributed by atoms with Crippen molar-refractivity contribution >= 4 is 5.91 Å². The molecule has 0 aliphatic heterocycles. The van der Waals surface area contributed by atoms with Crippen molar-refractivity contribution in [1.29, 1.82) is 0 Å². The van der Waals surface area contributed by atoms with Crippen LogP contribution in [0.5, 0.6) is 0 Å². The zero-order valence-electron chi connectivity index (χ0n) is 13.7. The van der Waals surface area contributed by atoms with Crippen LogP contribution < -0.4 is 11.1 Å². The Bertz CT molecular complexity index is 493. The maximum Gasteiger partial charge on any atom is 0.220 e. The monoisotopic (exact) mass is 288 g/mol. The molecule has 1 aromatic carbocycles. The fourth-order valence-electron chi connectivity index (χ4n) is 3.86. The fraction of sp³-hybridized carbons (Fsp3) is 0.611. The van der Waals surface area contributed by atoms with Crippen molar-refractivity contribution in [1.82, 2.24) is 5.32 Å². The lowest BCUT2D eigenvalue weighted by atomic mass is 9.85. The van der Waals surface area contributed by atoms with Gasteiger partial charge in [0.2, 0.25) is 5.91 Å². The van der Waals surface area contributed by atoms with Crippen LogP contribution in [0.4, 0.5) is 0 Å². The Balaban J connectivity index is 2.00. The van der Waals surface area contributed by atoms with Crippen molar-refractivity contribution < 1.29 is 4.79 Å². The number of hydrogen-bond donors (Lipinski definition) is 2. The SMILES string of the molecule is Cc1cc(C)c(C(C)NC2CCC(C(N)=O)CC2)c(C)c1. The summed E-state index contributed by atoms with van der Waals surface area (Å²) in [4.78, 5) is 11.2. The molecule has 3 heteroatoms. The summed E-state index contributed by atoms with van der Waals surface area (Å²) in [5.41, 5.74) is 10.9. The first-order valence-corrected chi connectivity index (χ1v) is 8.01. The van der Waals surface area contributed by atoms with Crippen LogP contribution >= 0.6 is 0 Å². The number of carbonyl (C=O) groups is 1. The molecule has 0 radical (unpaired) electrons. The van der Waals surface area contributed by atoms with Gasteiger partial charge in [-0.2, -0.15) is 0 Å². The van der Waals surface area contributed by atoms with Gasteiger partial charge in [0.1, 0.15) is 0 Å². The van der Waals surface area contributed by atoms with Crippen LogP contribution in [-0.4, -0.2) is 11.9 Å². The summed E-state index contributed by atoms with van der Waals surface area (Å²) in [6, 6.07) is 5.35. The molecule has 1 fully saturated rings. The largest absolute Gasteiger partial charge is 0.369 e. The van der Waals surface area contributed by atoms with E-state index >= 15 is 0 Å². The molecule has 0 heterocycles. The quantitative estimate of drug-likeness (QED) is 0.893. The second-order valence-electron chi connectivity index (χ2n) is 6.65. The fourth-order valence-corrected chi connectivity index (χ4v) is 3.86. The van der Waals surface area contributed by atoms with Gasteiger partial charge in [0.15, 0.2) is 0 Å². The Kier molecular flexibility index (Phi) is 5.04. The maximum atomic E-state index is 11.2. The van der Waals surface area contributed by atoms with E-state index in [0.29, 0.717) is 12.1 Å². The minimum absolute atomic E-state index is 0.0844. The Labute approximate surface area is 128 Å². The molecule has 0 bridgehead atoms. The van der Waals surface area contributed by atoms with E-state index in [1.54, 1.807) is 0 Å². The van der Waals surface area contributed by atoms with Crippen molar-refractivity contribution in [2.75, 3.05) is 0 Å². The number of aryl methyl sites for hydroxylation is 3. The third-order valence-corrected chi connectivity index (χ3v) is 4.79. The van der Waals surface area contributed by atoms with Gasteiger partial charge in [-0.15, -0.1) is 0 Å². The number of nitrogens with two attached hydrogens (primary N) is 1. The molecule has 3 N–H and O–H groups in total. The van der Waals surface area contributed by atoms with Crippen molar-refractivity contribution in [3.63, 3.8) is 0 Å². The zero-order valence-corrected chi connectivity index (χ0v) is 13.7. The van der Waals surface area contributed by atoms with E-state index < -0.39 is 0 Å². The summed E-state index contributed by atoms with van der Waals surface area (Å²) in [6.45, 7) is 8.77. The Morgan fingerprint density at radius 3 is 2.14 bits per heavy atom. The van der Waals surface area contributed by atoms with Crippen LogP contribution in [0.1, 0.15) is 60.9 Å². The van der Waals surface area contributed by atoms with Crippen molar-refractivity contribution in [2.24, 2.45) is 11.7 Å². The van der Waals surface area contributed by atoms with Gasteiger partial charge in [0, 0.05) is 18.0 Å². The van der Waals surface area contributed by atoms with E-state index in [1.165, 1.54) is 22.3 Å². The summed E-state index contributed by atoms with van der Waals surface area (Å²) in [7, 11) is 0. The Hall–Kier alpha value is -1.35. The number of hydrogen-bond acceptors (Lipinski definition) is 2. The molecule has 0 saturated heterocycles. The van der Waals surface area contributed by atoms with Crippen molar-refractivity contribution in [2.45, 2.75) is 65.5 Å². The Morgan fingerprint density at radius 1 is 1.14 bits per heavy atom. The number of amides is 1. The normalized spacial score (nSPS) is 23.8. The van der Waals surface area contributed by atoms with E-state index in [4.69, 9.17) is 5.73 Å². The van der Waals surface area contributed by atoms with Gasteiger partial charge >= 0.3 is 0 Å². The Morgan fingerprint density at radius 2 is 1.67 bits per heavy atom. The molecular weight excluding hydrogens is 260 g/mol. The molecule has 3 nitrogen and oxygen atoms in total. The zero-order chi connectivity index (χ0) is 15.6. The van der Waals surface area contributed by atoms with Gasteiger partial charge in [0.25, 0.3) is 0 Å². The van der Waals surface area contributed by atoms with Crippen LogP contribution in [0.25, 0.3) is 0 Å². The molecule has 0 spiro atoms. The molecule has 0 aromatic heterocycles. The predicted octanol–water partition coefficient (Wildman–Crippen LogP) is 3.31. The topological polar surface area (TPSA) is 55.1 Å². The summed E-state index contributed by atoms with van der Waals surface area (Å²) in [5.74, 6) is -0.0482. The van der Waals surface area contributed by atoms with E-state index in [0.717, 1.165) is 25.7 Å². The third kappa shape index (κ3) is 3.85. The molecular formula is C18H28N2O. The summed E-state index contributed by atoms with van der Waals surface area (Å²) in [5, 5.41) is 3.74. The van der Waals surface area contributed by atoms with E-state index in [1.807, 2.05) is 0 Å². The average molecular weight is 288 g/mol. The second kappa shape index (κ2) is 6.61. The standard InChI is InChI=1S/C18H28N2O/c1-11-9-12(2)17(13(3)10-11)14(4)20-16-7-5-15(6-8-16)18(19)21/h9-10,14-16,20H,5-8H2,1-4H3,(H2,19,21). The van der Waals surface area contributed by atoms with Crippen LogP contribution in [-0.2, 0) is 4.79 Å². The van der Waals surface area contributed by atoms with E-state index in [-0.39, 0.29) is 11.8 Å². The van der Waals surface area contributed by atoms with Crippen LogP contribution in [0, 0.1) is 26.7 Å². The highest BCUT2D eigenvalue weighted by molar-refractivity contribution is 5.76. The number of nitrogens with one attached hydrogen (secondary N) is 1. The highest BCUT2D eigenvalue weighted by Gasteiger charge is 2.26. The molecule has 1 saturated carbocycles. The number of rotatable bonds is 4. The predicted molar refractivity (Wildman–Crippen MR) is 87.1 cm³/mol. The second-order valence-corrected chi connectivity index (χ2v) is 6.65. The summed E-state index contributed by atoms with van der Waals surface area (Å²) in [6.07, 6.45) is 3.93. The molecule has 1 unspecified atom stereocenters. The lowest BCUT2D eigenvalue weighted by molar-refractivity contribution is -0.122. The first kappa shape index (κ1) is 16.0. The minimum Gasteiger partial charge on any atom is -0.369 e.